The molecule has 0 spiro atoms. The molecule has 0 bridgehead atoms. The minimum Gasteiger partial charge on any atom is -0.365 e. The Morgan fingerprint density at radius 3 is 2.74 bits per heavy atom. The van der Waals surface area contributed by atoms with Gasteiger partial charge in [0, 0.05) is 55.6 Å². The summed E-state index contributed by atoms with van der Waals surface area (Å²) in [6, 6.07) is 12.8. The third-order valence-corrected chi connectivity index (χ3v) is 6.32. The summed E-state index contributed by atoms with van der Waals surface area (Å²) in [4.78, 5) is 28.5. The molecule has 1 amide bonds. The van der Waals surface area contributed by atoms with Gasteiger partial charge in [-0.25, -0.2) is 0 Å². The van der Waals surface area contributed by atoms with Crippen molar-refractivity contribution >= 4 is 28.9 Å². The van der Waals surface area contributed by atoms with Crippen molar-refractivity contribution in [1.82, 2.24) is 10.2 Å². The van der Waals surface area contributed by atoms with Gasteiger partial charge in [-0.05, 0) is 35.7 Å². The number of amides is 1. The average Bonchev–Trinajstić information content (AvgIpc) is 2.77. The van der Waals surface area contributed by atoms with Crippen molar-refractivity contribution in [3.05, 3.63) is 81.4 Å². The highest BCUT2D eigenvalue weighted by atomic mass is 35.5. The van der Waals surface area contributed by atoms with Crippen LogP contribution in [0.4, 0.5) is 11.4 Å². The lowest BCUT2D eigenvalue weighted by atomic mass is 9.83. The first-order chi connectivity index (χ1) is 15.0. The van der Waals surface area contributed by atoms with Gasteiger partial charge >= 0.3 is 0 Å². The van der Waals surface area contributed by atoms with E-state index in [9.17, 15) is 14.9 Å². The lowest BCUT2D eigenvalue weighted by molar-refractivity contribution is -0.384. The van der Waals surface area contributed by atoms with Crippen LogP contribution >= 0.6 is 11.6 Å². The van der Waals surface area contributed by atoms with Crippen molar-refractivity contribution in [2.45, 2.75) is 19.0 Å². The molecule has 0 aliphatic carbocycles. The van der Waals surface area contributed by atoms with Crippen LogP contribution in [0, 0.1) is 16.0 Å². The van der Waals surface area contributed by atoms with Crippen LogP contribution in [0.3, 0.4) is 0 Å². The van der Waals surface area contributed by atoms with Crippen molar-refractivity contribution in [3.8, 4) is 0 Å². The number of carbonyl (C=O) groups excluding carboxylic acids is 1. The topological polar surface area (TPSA) is 78.7 Å². The summed E-state index contributed by atoms with van der Waals surface area (Å²) in [5.41, 5.74) is 3.09. The summed E-state index contributed by atoms with van der Waals surface area (Å²) < 4.78 is 0. The smallest absolute Gasteiger partial charge is 0.269 e. The van der Waals surface area contributed by atoms with Gasteiger partial charge in [-0.1, -0.05) is 29.8 Å². The van der Waals surface area contributed by atoms with Crippen LogP contribution in [-0.4, -0.2) is 48.0 Å². The molecule has 2 aliphatic heterocycles. The molecule has 4 rings (SSSR count). The molecule has 1 N–H and O–H groups in total. The molecule has 2 aromatic carbocycles. The van der Waals surface area contributed by atoms with E-state index >= 15 is 0 Å². The number of fused-ring (bicyclic) bond motifs is 3. The number of non-ortho nitro benzene ring substituents is 1. The molecule has 31 heavy (non-hydrogen) atoms. The minimum atomic E-state index is -0.386. The lowest BCUT2D eigenvalue weighted by Crippen LogP contribution is -2.60. The Morgan fingerprint density at radius 1 is 1.26 bits per heavy atom. The maximum atomic E-state index is 13.0. The first-order valence-corrected chi connectivity index (χ1v) is 10.7. The number of nitrogens with zero attached hydrogens (tertiary/aromatic N) is 3. The standard InChI is InChI=1S/C23H25ClN4O3/c1-2-9-25-23(29)20-13-17-12-19(28(30)31)7-8-21(17)27-11-10-26(15-22(20)27)14-16-3-5-18(24)6-4-16/h2-8,12,20,22H,1,9-11,13-15H2,(H,25,29)/t20-,22-/m1/s1. The third kappa shape index (κ3) is 4.57. The van der Waals surface area contributed by atoms with Crippen LogP contribution in [0.2, 0.25) is 5.02 Å². The van der Waals surface area contributed by atoms with Crippen LogP contribution in [0.15, 0.2) is 55.1 Å². The van der Waals surface area contributed by atoms with Crippen LogP contribution < -0.4 is 10.2 Å². The van der Waals surface area contributed by atoms with Gasteiger partial charge in [0.15, 0.2) is 0 Å². The minimum absolute atomic E-state index is 0.000165. The number of hydrogen-bond donors (Lipinski definition) is 1. The largest absolute Gasteiger partial charge is 0.365 e. The number of carbonyl (C=O) groups is 1. The van der Waals surface area contributed by atoms with Crippen LogP contribution in [0.5, 0.6) is 0 Å². The Bertz CT molecular complexity index is 995. The summed E-state index contributed by atoms with van der Waals surface area (Å²) in [6.07, 6.45) is 2.14. The zero-order valence-corrected chi connectivity index (χ0v) is 17.9. The molecule has 0 saturated carbocycles. The Labute approximate surface area is 186 Å². The second-order valence-corrected chi connectivity index (χ2v) is 8.47. The first-order valence-electron chi connectivity index (χ1n) is 10.4. The van der Waals surface area contributed by atoms with E-state index in [1.165, 1.54) is 5.56 Å². The second kappa shape index (κ2) is 9.08. The maximum Gasteiger partial charge on any atom is 0.269 e. The van der Waals surface area contributed by atoms with Crippen molar-refractivity contribution in [3.63, 3.8) is 0 Å². The van der Waals surface area contributed by atoms with Gasteiger partial charge < -0.3 is 10.2 Å². The van der Waals surface area contributed by atoms with E-state index < -0.39 is 0 Å². The van der Waals surface area contributed by atoms with Gasteiger partial charge in [0.05, 0.1) is 16.9 Å². The van der Waals surface area contributed by atoms with E-state index in [4.69, 9.17) is 11.6 Å². The number of nitro benzene ring substituents is 1. The summed E-state index contributed by atoms with van der Waals surface area (Å²) in [6.45, 7) is 7.21. The van der Waals surface area contributed by atoms with Crippen LogP contribution in [0.1, 0.15) is 11.1 Å². The average molecular weight is 441 g/mol. The molecule has 2 aromatic rings. The number of rotatable bonds is 6. The molecular formula is C23H25ClN4O3. The molecule has 0 unspecified atom stereocenters. The highest BCUT2D eigenvalue weighted by Gasteiger charge is 2.41. The van der Waals surface area contributed by atoms with Crippen molar-refractivity contribution < 1.29 is 9.72 Å². The highest BCUT2D eigenvalue weighted by molar-refractivity contribution is 6.30. The van der Waals surface area contributed by atoms with Gasteiger partial charge in [-0.3, -0.25) is 19.8 Å². The third-order valence-electron chi connectivity index (χ3n) is 6.07. The second-order valence-electron chi connectivity index (χ2n) is 8.04. The fourth-order valence-electron chi connectivity index (χ4n) is 4.58. The fourth-order valence-corrected chi connectivity index (χ4v) is 4.70. The van der Waals surface area contributed by atoms with E-state index in [0.717, 1.165) is 37.4 Å². The predicted molar refractivity (Wildman–Crippen MR) is 121 cm³/mol. The molecular weight excluding hydrogens is 416 g/mol. The monoisotopic (exact) mass is 440 g/mol. The fraction of sp³-hybridized carbons (Fsp3) is 0.348. The summed E-state index contributed by atoms with van der Waals surface area (Å²) in [5.74, 6) is -0.331. The molecule has 0 radical (unpaired) electrons. The van der Waals surface area contributed by atoms with Crippen molar-refractivity contribution in [2.75, 3.05) is 31.1 Å². The van der Waals surface area contributed by atoms with Crippen molar-refractivity contribution in [2.24, 2.45) is 5.92 Å². The molecule has 2 heterocycles. The molecule has 1 saturated heterocycles. The molecule has 162 valence electrons. The van der Waals surface area contributed by atoms with Gasteiger partial charge in [0.25, 0.3) is 5.69 Å². The maximum absolute atomic E-state index is 13.0. The number of nitrogens with one attached hydrogen (secondary N) is 1. The van der Waals surface area contributed by atoms with Gasteiger partial charge in [-0.15, -0.1) is 6.58 Å². The van der Waals surface area contributed by atoms with Crippen molar-refractivity contribution in [1.29, 1.82) is 0 Å². The zero-order valence-electron chi connectivity index (χ0n) is 17.2. The Morgan fingerprint density at radius 2 is 2.03 bits per heavy atom. The van der Waals surface area contributed by atoms with E-state index in [1.807, 2.05) is 30.3 Å². The molecule has 7 nitrogen and oxygen atoms in total. The number of benzene rings is 2. The SMILES string of the molecule is C=CCNC(=O)[C@@H]1Cc2cc([N+](=O)[O-])ccc2N2CCN(Cc3ccc(Cl)cc3)C[C@H]12. The van der Waals surface area contributed by atoms with Crippen LogP contribution in [-0.2, 0) is 17.8 Å². The van der Waals surface area contributed by atoms with Crippen LogP contribution in [0.25, 0.3) is 0 Å². The molecule has 0 aromatic heterocycles. The van der Waals surface area contributed by atoms with Gasteiger partial charge in [0.2, 0.25) is 5.91 Å². The zero-order chi connectivity index (χ0) is 22.0. The van der Waals surface area contributed by atoms with E-state index in [2.05, 4.69) is 21.7 Å². The predicted octanol–water partition coefficient (Wildman–Crippen LogP) is 3.41. The lowest BCUT2D eigenvalue weighted by Gasteiger charge is -2.49. The van der Waals surface area contributed by atoms with Gasteiger partial charge in [-0.2, -0.15) is 0 Å². The molecule has 2 atom stereocenters. The molecule has 8 heteroatoms. The van der Waals surface area contributed by atoms with Gasteiger partial charge in [0.1, 0.15) is 0 Å². The van der Waals surface area contributed by atoms with E-state index in [1.54, 1.807) is 18.2 Å². The Kier molecular flexibility index (Phi) is 6.25. The number of hydrogen-bond acceptors (Lipinski definition) is 5. The number of anilines is 1. The van der Waals surface area contributed by atoms with E-state index in [0.29, 0.717) is 18.0 Å². The molecule has 1 fully saturated rings. The normalized spacial score (nSPS) is 20.5. The Hall–Kier alpha value is -2.90. The molecule has 2 aliphatic rings. The van der Waals surface area contributed by atoms with E-state index in [-0.39, 0.29) is 28.5 Å². The number of nitro groups is 1. The Balaban J connectivity index is 1.60. The number of halogens is 1. The summed E-state index contributed by atoms with van der Waals surface area (Å²) in [7, 11) is 0. The highest BCUT2D eigenvalue weighted by Crippen LogP contribution is 2.38. The quantitative estimate of drug-likeness (QED) is 0.423. The summed E-state index contributed by atoms with van der Waals surface area (Å²) in [5, 5.41) is 14.9. The first kappa shape index (κ1) is 21.3. The number of piperazine rings is 1. The summed E-state index contributed by atoms with van der Waals surface area (Å²) >= 11 is 6.01.